The van der Waals surface area contributed by atoms with Gasteiger partial charge in [0.25, 0.3) is 0 Å². The average Bonchev–Trinajstić information content (AvgIpc) is 2.31. The molecule has 0 unspecified atom stereocenters. The van der Waals surface area contributed by atoms with Crippen molar-refractivity contribution in [3.8, 4) is 5.75 Å². The number of anilines is 1. The van der Waals surface area contributed by atoms with Gasteiger partial charge in [0.15, 0.2) is 0 Å². The normalized spacial score (nSPS) is 21.0. The molecule has 0 aliphatic carbocycles. The largest absolute Gasteiger partial charge is 0.497 e. The Morgan fingerprint density at radius 2 is 2.13 bits per heavy atom. The van der Waals surface area contributed by atoms with Gasteiger partial charge in [0.2, 0.25) is 0 Å². The Hall–Kier alpha value is -0.830. The first kappa shape index (κ1) is 10.7. The second kappa shape index (κ2) is 5.31. The molecule has 1 heterocycles. The first-order valence-corrected chi connectivity index (χ1v) is 6.52. The molecule has 1 atom stereocenters. The molecule has 1 aliphatic rings. The summed E-state index contributed by atoms with van der Waals surface area (Å²) in [4.78, 5) is 0. The Morgan fingerprint density at radius 1 is 1.33 bits per heavy atom. The third-order valence-corrected chi connectivity index (χ3v) is 3.84. The highest BCUT2D eigenvalue weighted by Crippen LogP contribution is 2.22. The zero-order valence-corrected chi connectivity index (χ0v) is 9.85. The van der Waals surface area contributed by atoms with E-state index >= 15 is 0 Å². The molecule has 0 saturated carbocycles. The maximum atomic E-state index is 5.13. The summed E-state index contributed by atoms with van der Waals surface area (Å²) < 4.78 is 5.13. The van der Waals surface area contributed by atoms with E-state index in [1.165, 1.54) is 30.0 Å². The number of hydrogen-bond donors (Lipinski definition) is 1. The van der Waals surface area contributed by atoms with Crippen molar-refractivity contribution in [2.45, 2.75) is 18.9 Å². The van der Waals surface area contributed by atoms with E-state index in [1.54, 1.807) is 7.11 Å². The molecule has 15 heavy (non-hydrogen) atoms. The van der Waals surface area contributed by atoms with E-state index in [-0.39, 0.29) is 0 Å². The van der Waals surface area contributed by atoms with E-state index in [4.69, 9.17) is 4.74 Å². The van der Waals surface area contributed by atoms with E-state index in [0.29, 0.717) is 6.04 Å². The van der Waals surface area contributed by atoms with Crippen LogP contribution in [0, 0.1) is 0 Å². The first-order valence-electron chi connectivity index (χ1n) is 5.37. The highest BCUT2D eigenvalue weighted by molar-refractivity contribution is 7.99. The lowest BCUT2D eigenvalue weighted by Gasteiger charge is -2.23. The molecule has 0 radical (unpaired) electrons. The number of hydrogen-bond acceptors (Lipinski definition) is 3. The topological polar surface area (TPSA) is 21.3 Å². The second-order valence-corrected chi connectivity index (χ2v) is 4.94. The summed E-state index contributed by atoms with van der Waals surface area (Å²) in [5.74, 6) is 3.46. The lowest BCUT2D eigenvalue weighted by Crippen LogP contribution is -2.25. The molecule has 3 heteroatoms. The molecule has 2 nitrogen and oxygen atoms in total. The molecule has 1 N–H and O–H groups in total. The van der Waals surface area contributed by atoms with Crippen molar-refractivity contribution in [2.24, 2.45) is 0 Å². The summed E-state index contributed by atoms with van der Waals surface area (Å²) in [6.07, 6.45) is 2.62. The predicted octanol–water partition coefficient (Wildman–Crippen LogP) is 3.00. The Balaban J connectivity index is 1.91. The number of ether oxygens (including phenoxy) is 1. The van der Waals surface area contributed by atoms with E-state index in [2.05, 4.69) is 17.4 Å². The number of benzene rings is 1. The van der Waals surface area contributed by atoms with Gasteiger partial charge in [0.05, 0.1) is 7.11 Å². The molecule has 82 valence electrons. The predicted molar refractivity (Wildman–Crippen MR) is 67.0 cm³/mol. The summed E-state index contributed by atoms with van der Waals surface area (Å²) in [5.41, 5.74) is 1.20. The van der Waals surface area contributed by atoms with Crippen LogP contribution in [0.25, 0.3) is 0 Å². The fourth-order valence-electron chi connectivity index (χ4n) is 1.78. The van der Waals surface area contributed by atoms with Crippen molar-refractivity contribution in [3.63, 3.8) is 0 Å². The smallest absolute Gasteiger partial charge is 0.119 e. The number of methoxy groups -OCH3 is 1. The quantitative estimate of drug-likeness (QED) is 0.851. The highest BCUT2D eigenvalue weighted by atomic mass is 32.2. The van der Waals surface area contributed by atoms with Crippen LogP contribution >= 0.6 is 11.8 Å². The molecule has 0 amide bonds. The van der Waals surface area contributed by atoms with Gasteiger partial charge in [-0.25, -0.2) is 0 Å². The zero-order valence-electron chi connectivity index (χ0n) is 9.03. The summed E-state index contributed by atoms with van der Waals surface area (Å²) in [6.45, 7) is 0. The maximum Gasteiger partial charge on any atom is 0.119 e. The molecule has 0 spiro atoms. The number of nitrogens with one attached hydrogen (secondary N) is 1. The molecule has 0 aromatic heterocycles. The van der Waals surface area contributed by atoms with E-state index in [9.17, 15) is 0 Å². The summed E-state index contributed by atoms with van der Waals surface area (Å²) in [6, 6.07) is 8.80. The Bertz CT molecular complexity index is 293. The van der Waals surface area contributed by atoms with Crippen molar-refractivity contribution in [2.75, 3.05) is 23.9 Å². The lowest BCUT2D eigenvalue weighted by molar-refractivity contribution is 0.415. The van der Waals surface area contributed by atoms with Crippen LogP contribution in [0.2, 0.25) is 0 Å². The van der Waals surface area contributed by atoms with Gasteiger partial charge in [-0.2, -0.15) is 11.8 Å². The minimum Gasteiger partial charge on any atom is -0.497 e. The Labute approximate surface area is 95.4 Å². The molecule has 0 bridgehead atoms. The standard InChI is InChI=1S/C12H17NOS/c1-14-12-6-4-10(5-7-12)13-11-3-2-8-15-9-11/h4-7,11,13H,2-3,8-9H2,1H3/t11-/m1/s1. The summed E-state index contributed by atoms with van der Waals surface area (Å²) in [5, 5.41) is 3.56. The molecule has 1 saturated heterocycles. The lowest BCUT2D eigenvalue weighted by atomic mass is 10.1. The molecule has 2 rings (SSSR count). The monoisotopic (exact) mass is 223 g/mol. The summed E-state index contributed by atoms with van der Waals surface area (Å²) >= 11 is 2.04. The van der Waals surface area contributed by atoms with Gasteiger partial charge >= 0.3 is 0 Å². The van der Waals surface area contributed by atoms with Crippen molar-refractivity contribution in [1.29, 1.82) is 0 Å². The van der Waals surface area contributed by atoms with Crippen molar-refractivity contribution < 1.29 is 4.74 Å². The highest BCUT2D eigenvalue weighted by Gasteiger charge is 2.12. The van der Waals surface area contributed by atoms with E-state index < -0.39 is 0 Å². The van der Waals surface area contributed by atoms with Crippen LogP contribution in [-0.2, 0) is 0 Å². The Morgan fingerprint density at radius 3 is 2.73 bits per heavy atom. The van der Waals surface area contributed by atoms with Crippen LogP contribution in [0.5, 0.6) is 5.75 Å². The van der Waals surface area contributed by atoms with Gasteiger partial charge in [0.1, 0.15) is 5.75 Å². The van der Waals surface area contributed by atoms with Gasteiger partial charge < -0.3 is 10.1 Å². The van der Waals surface area contributed by atoms with Crippen molar-refractivity contribution in [1.82, 2.24) is 0 Å². The first-order chi connectivity index (χ1) is 7.38. The van der Waals surface area contributed by atoms with Crippen molar-refractivity contribution >= 4 is 17.4 Å². The number of thioether (sulfide) groups is 1. The third-order valence-electron chi connectivity index (χ3n) is 2.62. The second-order valence-electron chi connectivity index (χ2n) is 3.79. The number of rotatable bonds is 3. The SMILES string of the molecule is COc1ccc(N[C@@H]2CCCSC2)cc1. The van der Waals surface area contributed by atoms with Gasteiger partial charge in [-0.05, 0) is 42.9 Å². The van der Waals surface area contributed by atoms with Crippen LogP contribution in [0.3, 0.4) is 0 Å². The molecule has 1 fully saturated rings. The Kier molecular flexibility index (Phi) is 3.78. The minimum atomic E-state index is 0.636. The van der Waals surface area contributed by atoms with E-state index in [1.807, 2.05) is 23.9 Å². The van der Waals surface area contributed by atoms with Gasteiger partial charge in [-0.1, -0.05) is 0 Å². The van der Waals surface area contributed by atoms with Crippen LogP contribution in [-0.4, -0.2) is 24.7 Å². The van der Waals surface area contributed by atoms with Gasteiger partial charge in [-0.15, -0.1) is 0 Å². The molecule has 1 aromatic carbocycles. The van der Waals surface area contributed by atoms with Crippen LogP contribution in [0.1, 0.15) is 12.8 Å². The van der Waals surface area contributed by atoms with Crippen LogP contribution in [0.15, 0.2) is 24.3 Å². The average molecular weight is 223 g/mol. The van der Waals surface area contributed by atoms with Crippen LogP contribution < -0.4 is 10.1 Å². The molecule has 1 aliphatic heterocycles. The molecular weight excluding hydrogens is 206 g/mol. The van der Waals surface area contributed by atoms with Crippen molar-refractivity contribution in [3.05, 3.63) is 24.3 Å². The third kappa shape index (κ3) is 3.06. The molecule has 1 aromatic rings. The molecular formula is C12H17NOS. The van der Waals surface area contributed by atoms with Gasteiger partial charge in [0, 0.05) is 17.5 Å². The minimum absolute atomic E-state index is 0.636. The van der Waals surface area contributed by atoms with Gasteiger partial charge in [-0.3, -0.25) is 0 Å². The maximum absolute atomic E-state index is 5.13. The fourth-order valence-corrected chi connectivity index (χ4v) is 2.85. The fraction of sp³-hybridized carbons (Fsp3) is 0.500. The van der Waals surface area contributed by atoms with Crippen LogP contribution in [0.4, 0.5) is 5.69 Å². The zero-order chi connectivity index (χ0) is 10.5. The summed E-state index contributed by atoms with van der Waals surface area (Å²) in [7, 11) is 1.69. The van der Waals surface area contributed by atoms with E-state index in [0.717, 1.165) is 5.75 Å².